The number of halogens is 2. The molecule has 0 aliphatic rings. The number of rotatable bonds is 3. The van der Waals surface area contributed by atoms with E-state index in [0.717, 1.165) is 31.6 Å². The van der Waals surface area contributed by atoms with Gasteiger partial charge in [-0.1, -0.05) is 35.9 Å². The van der Waals surface area contributed by atoms with Crippen molar-refractivity contribution in [3.63, 3.8) is 0 Å². The van der Waals surface area contributed by atoms with Crippen LogP contribution in [0.15, 0.2) is 59.2 Å². The summed E-state index contributed by atoms with van der Waals surface area (Å²) in [6, 6.07) is 16.1. The van der Waals surface area contributed by atoms with Gasteiger partial charge in [-0.3, -0.25) is 4.98 Å². The first-order valence-electron chi connectivity index (χ1n) is 6.25. The normalized spacial score (nSPS) is 10.7. The number of hydrogen-bond acceptors (Lipinski definition) is 2. The summed E-state index contributed by atoms with van der Waals surface area (Å²) in [5.74, 6) is 0. The monoisotopic (exact) mass is 346 g/mol. The van der Waals surface area contributed by atoms with Gasteiger partial charge in [-0.25, -0.2) is 0 Å². The van der Waals surface area contributed by atoms with Crippen molar-refractivity contribution in [2.24, 2.45) is 0 Å². The number of fused-ring (bicyclic) bond motifs is 1. The number of hydrogen-bond donors (Lipinski definition) is 1. The first-order valence-corrected chi connectivity index (χ1v) is 7.43. The van der Waals surface area contributed by atoms with Gasteiger partial charge in [-0.2, -0.15) is 0 Å². The molecule has 4 heteroatoms. The van der Waals surface area contributed by atoms with E-state index in [4.69, 9.17) is 11.6 Å². The molecule has 2 nitrogen and oxygen atoms in total. The summed E-state index contributed by atoms with van der Waals surface area (Å²) in [6.45, 7) is 0.711. The molecule has 0 unspecified atom stereocenters. The Kier molecular flexibility index (Phi) is 3.90. The molecule has 0 spiro atoms. The smallest absolute Gasteiger partial charge is 0.0933 e. The summed E-state index contributed by atoms with van der Waals surface area (Å²) in [7, 11) is 0. The molecule has 0 fully saturated rings. The fourth-order valence-corrected chi connectivity index (χ4v) is 2.54. The molecule has 0 amide bonds. The summed E-state index contributed by atoms with van der Waals surface area (Å²) in [5.41, 5.74) is 3.14. The first-order chi connectivity index (χ1) is 9.74. The summed E-state index contributed by atoms with van der Waals surface area (Å²) in [5, 5.41) is 5.27. The van der Waals surface area contributed by atoms with Crippen LogP contribution in [-0.2, 0) is 6.54 Å². The molecular formula is C16H12BrClN2. The number of benzene rings is 2. The number of nitrogens with zero attached hydrogens (tertiary/aromatic N) is 1. The van der Waals surface area contributed by atoms with Crippen molar-refractivity contribution >= 4 is 44.1 Å². The van der Waals surface area contributed by atoms with Crippen LogP contribution in [-0.4, -0.2) is 4.98 Å². The number of pyridine rings is 1. The molecule has 0 aliphatic heterocycles. The molecule has 0 atom stereocenters. The molecular weight excluding hydrogens is 336 g/mol. The maximum Gasteiger partial charge on any atom is 0.0933 e. The van der Waals surface area contributed by atoms with Crippen LogP contribution in [0, 0.1) is 0 Å². The molecule has 1 N–H and O–H groups in total. The van der Waals surface area contributed by atoms with Gasteiger partial charge < -0.3 is 5.32 Å². The number of para-hydroxylation sites is 1. The van der Waals surface area contributed by atoms with Crippen molar-refractivity contribution in [3.05, 3.63) is 69.8 Å². The fourth-order valence-electron chi connectivity index (χ4n) is 2.09. The zero-order chi connectivity index (χ0) is 13.9. The lowest BCUT2D eigenvalue weighted by Gasteiger charge is -2.09. The predicted octanol–water partition coefficient (Wildman–Crippen LogP) is 5.26. The van der Waals surface area contributed by atoms with Gasteiger partial charge in [0.15, 0.2) is 0 Å². The third-order valence-corrected chi connectivity index (χ3v) is 4.33. The summed E-state index contributed by atoms with van der Waals surface area (Å²) in [4.78, 5) is 4.43. The number of aromatic nitrogens is 1. The van der Waals surface area contributed by atoms with Crippen LogP contribution in [0.5, 0.6) is 0 Å². The lowest BCUT2D eigenvalue weighted by Crippen LogP contribution is -2.00. The van der Waals surface area contributed by atoms with E-state index in [1.54, 1.807) is 0 Å². The Morgan fingerprint density at radius 1 is 1.10 bits per heavy atom. The maximum absolute atomic E-state index is 6.10. The molecule has 0 aliphatic carbocycles. The Hall–Kier alpha value is -1.58. The SMILES string of the molecule is Clc1cc(CNc2cccc3cccnc23)ccc1Br. The lowest BCUT2D eigenvalue weighted by molar-refractivity contribution is 1.15. The van der Waals surface area contributed by atoms with Crippen molar-refractivity contribution < 1.29 is 0 Å². The van der Waals surface area contributed by atoms with Crippen molar-refractivity contribution in [2.75, 3.05) is 5.32 Å². The third kappa shape index (κ3) is 2.79. The second-order valence-corrected chi connectivity index (χ2v) is 5.74. The average Bonchev–Trinajstić information content (AvgIpc) is 2.48. The van der Waals surface area contributed by atoms with Crippen LogP contribution < -0.4 is 5.32 Å². The molecule has 0 radical (unpaired) electrons. The molecule has 1 heterocycles. The highest BCUT2D eigenvalue weighted by molar-refractivity contribution is 9.10. The highest BCUT2D eigenvalue weighted by Crippen LogP contribution is 2.25. The molecule has 20 heavy (non-hydrogen) atoms. The predicted molar refractivity (Wildman–Crippen MR) is 88.2 cm³/mol. The quantitative estimate of drug-likeness (QED) is 0.699. The largest absolute Gasteiger partial charge is 0.379 e. The van der Waals surface area contributed by atoms with E-state index in [1.165, 1.54) is 0 Å². The van der Waals surface area contributed by atoms with Gasteiger partial charge in [0.2, 0.25) is 0 Å². The van der Waals surface area contributed by atoms with Gasteiger partial charge in [0, 0.05) is 22.6 Å². The van der Waals surface area contributed by atoms with Crippen molar-refractivity contribution in [2.45, 2.75) is 6.54 Å². The third-order valence-electron chi connectivity index (χ3n) is 3.10. The van der Waals surface area contributed by atoms with Gasteiger partial charge in [0.25, 0.3) is 0 Å². The zero-order valence-corrected chi connectivity index (χ0v) is 12.9. The second kappa shape index (κ2) is 5.81. The molecule has 2 aromatic carbocycles. The Bertz CT molecular complexity index is 753. The van der Waals surface area contributed by atoms with Crippen LogP contribution in [0.3, 0.4) is 0 Å². The average molecular weight is 348 g/mol. The molecule has 0 bridgehead atoms. The van der Waals surface area contributed by atoms with Crippen LogP contribution in [0.1, 0.15) is 5.56 Å². The van der Waals surface area contributed by atoms with E-state index in [2.05, 4.69) is 38.4 Å². The van der Waals surface area contributed by atoms with Crippen LogP contribution in [0.2, 0.25) is 5.02 Å². The first kappa shape index (κ1) is 13.4. The topological polar surface area (TPSA) is 24.9 Å². The molecule has 3 rings (SSSR count). The van der Waals surface area contributed by atoms with Gasteiger partial charge >= 0.3 is 0 Å². The van der Waals surface area contributed by atoms with Crippen LogP contribution in [0.4, 0.5) is 5.69 Å². The van der Waals surface area contributed by atoms with Crippen LogP contribution >= 0.6 is 27.5 Å². The highest BCUT2D eigenvalue weighted by atomic mass is 79.9. The van der Waals surface area contributed by atoms with Crippen LogP contribution in [0.25, 0.3) is 10.9 Å². The Balaban J connectivity index is 1.85. The zero-order valence-electron chi connectivity index (χ0n) is 10.6. The Morgan fingerprint density at radius 3 is 2.80 bits per heavy atom. The highest BCUT2D eigenvalue weighted by Gasteiger charge is 2.03. The number of anilines is 1. The summed E-state index contributed by atoms with van der Waals surface area (Å²) < 4.78 is 0.912. The Morgan fingerprint density at radius 2 is 1.95 bits per heavy atom. The molecule has 3 aromatic rings. The molecule has 100 valence electrons. The Labute approximate surface area is 130 Å². The van der Waals surface area contributed by atoms with E-state index < -0.39 is 0 Å². The van der Waals surface area contributed by atoms with E-state index >= 15 is 0 Å². The van der Waals surface area contributed by atoms with E-state index in [-0.39, 0.29) is 0 Å². The minimum absolute atomic E-state index is 0.711. The van der Waals surface area contributed by atoms with E-state index in [0.29, 0.717) is 6.54 Å². The molecule has 1 aromatic heterocycles. The van der Waals surface area contributed by atoms with E-state index in [9.17, 15) is 0 Å². The van der Waals surface area contributed by atoms with Crippen molar-refractivity contribution in [3.8, 4) is 0 Å². The number of nitrogens with one attached hydrogen (secondary N) is 1. The lowest BCUT2D eigenvalue weighted by atomic mass is 10.1. The van der Waals surface area contributed by atoms with Gasteiger partial charge in [0.1, 0.15) is 0 Å². The van der Waals surface area contributed by atoms with Gasteiger partial charge in [-0.15, -0.1) is 0 Å². The second-order valence-electron chi connectivity index (χ2n) is 4.48. The maximum atomic E-state index is 6.10. The van der Waals surface area contributed by atoms with Gasteiger partial charge in [0.05, 0.1) is 16.2 Å². The fraction of sp³-hybridized carbons (Fsp3) is 0.0625. The van der Waals surface area contributed by atoms with Crippen molar-refractivity contribution in [1.82, 2.24) is 4.98 Å². The van der Waals surface area contributed by atoms with Gasteiger partial charge in [-0.05, 0) is 45.8 Å². The minimum atomic E-state index is 0.711. The standard InChI is InChI=1S/C16H12BrClN2/c17-13-7-6-11(9-14(13)18)10-20-15-5-1-3-12-4-2-8-19-16(12)15/h1-9,20H,10H2. The molecule has 0 saturated carbocycles. The summed E-state index contributed by atoms with van der Waals surface area (Å²) >= 11 is 9.50. The summed E-state index contributed by atoms with van der Waals surface area (Å²) in [6.07, 6.45) is 1.81. The minimum Gasteiger partial charge on any atom is -0.379 e. The molecule has 0 saturated heterocycles. The van der Waals surface area contributed by atoms with Crippen molar-refractivity contribution in [1.29, 1.82) is 0 Å². The van der Waals surface area contributed by atoms with E-state index in [1.807, 2.05) is 42.6 Å².